The molecule has 0 saturated heterocycles. The highest BCUT2D eigenvalue weighted by molar-refractivity contribution is 14.1. The van der Waals surface area contributed by atoms with Gasteiger partial charge in [-0.05, 0) is 54.0 Å². The number of thioether (sulfide) groups is 1. The summed E-state index contributed by atoms with van der Waals surface area (Å²) >= 11 is 4.21. The first-order valence-electron chi connectivity index (χ1n) is 4.83. The lowest BCUT2D eigenvalue weighted by atomic mass is 10.2. The summed E-state index contributed by atoms with van der Waals surface area (Å²) in [6.07, 6.45) is 2.14. The van der Waals surface area contributed by atoms with Gasteiger partial charge in [0.05, 0.1) is 5.69 Å². The van der Waals surface area contributed by atoms with Crippen molar-refractivity contribution in [3.8, 4) is 0 Å². The molecule has 0 saturated carbocycles. The molecule has 15 heavy (non-hydrogen) atoms. The van der Waals surface area contributed by atoms with Gasteiger partial charge in [0.15, 0.2) is 0 Å². The molecule has 1 aromatic rings. The molecule has 0 aliphatic heterocycles. The van der Waals surface area contributed by atoms with Crippen molar-refractivity contribution in [1.29, 1.82) is 0 Å². The number of benzene rings is 1. The van der Waals surface area contributed by atoms with Crippen LogP contribution < -0.4 is 10.6 Å². The Labute approximate surface area is 110 Å². The van der Waals surface area contributed by atoms with Gasteiger partial charge in [0.1, 0.15) is 0 Å². The van der Waals surface area contributed by atoms with Crippen LogP contribution in [0.1, 0.15) is 6.92 Å². The van der Waals surface area contributed by atoms with Gasteiger partial charge in [0.2, 0.25) is 0 Å². The van der Waals surface area contributed by atoms with Crippen molar-refractivity contribution in [3.05, 3.63) is 21.8 Å². The minimum atomic E-state index is 0.539. The fourth-order valence-corrected chi connectivity index (χ4v) is 3.03. The van der Waals surface area contributed by atoms with Crippen molar-refractivity contribution in [2.45, 2.75) is 13.0 Å². The van der Waals surface area contributed by atoms with Crippen LogP contribution in [-0.4, -0.2) is 25.1 Å². The molecule has 1 atom stereocenters. The van der Waals surface area contributed by atoms with E-state index in [2.05, 4.69) is 53.8 Å². The Kier molecular flexibility index (Phi) is 5.05. The van der Waals surface area contributed by atoms with Crippen molar-refractivity contribution in [2.24, 2.45) is 0 Å². The van der Waals surface area contributed by atoms with Gasteiger partial charge in [-0.15, -0.1) is 0 Å². The van der Waals surface area contributed by atoms with Crippen molar-refractivity contribution in [3.63, 3.8) is 0 Å². The third-order valence-corrected chi connectivity index (χ3v) is 4.10. The molecule has 1 rings (SSSR count). The van der Waals surface area contributed by atoms with Crippen LogP contribution in [-0.2, 0) is 0 Å². The summed E-state index contributed by atoms with van der Waals surface area (Å²) in [6.45, 7) is 2.24. The van der Waals surface area contributed by atoms with E-state index in [-0.39, 0.29) is 0 Å². The highest BCUT2D eigenvalue weighted by Gasteiger charge is 2.11. The van der Waals surface area contributed by atoms with E-state index in [4.69, 9.17) is 5.73 Å². The number of hydrogen-bond acceptors (Lipinski definition) is 3. The topological polar surface area (TPSA) is 29.3 Å². The monoisotopic (exact) mass is 336 g/mol. The van der Waals surface area contributed by atoms with E-state index in [1.165, 1.54) is 9.26 Å². The first-order chi connectivity index (χ1) is 7.06. The fourth-order valence-electron chi connectivity index (χ4n) is 1.40. The first kappa shape index (κ1) is 13.0. The van der Waals surface area contributed by atoms with Crippen LogP contribution >= 0.6 is 34.4 Å². The molecule has 0 bridgehead atoms. The Bertz CT molecular complexity index is 330. The van der Waals surface area contributed by atoms with E-state index in [9.17, 15) is 0 Å². The molecule has 0 heterocycles. The van der Waals surface area contributed by atoms with Crippen LogP contribution in [0, 0.1) is 3.57 Å². The van der Waals surface area contributed by atoms with Gasteiger partial charge >= 0.3 is 0 Å². The van der Waals surface area contributed by atoms with Crippen molar-refractivity contribution in [1.82, 2.24) is 0 Å². The number of nitrogen functional groups attached to an aromatic ring is 1. The summed E-state index contributed by atoms with van der Waals surface area (Å²) in [6, 6.07) is 6.60. The van der Waals surface area contributed by atoms with Crippen molar-refractivity contribution in [2.75, 3.05) is 29.7 Å². The molecule has 1 aromatic carbocycles. The zero-order chi connectivity index (χ0) is 11.4. The van der Waals surface area contributed by atoms with Crippen LogP contribution in [0.2, 0.25) is 0 Å². The average molecular weight is 336 g/mol. The molecule has 0 amide bonds. The standard InChI is InChI=1S/C11H17IN2S/c1-8(7-15-3)14(2)11-5-4-9(13)6-10(11)12/h4-6,8H,7,13H2,1-3H3. The van der Waals surface area contributed by atoms with Crippen LogP contribution in [0.3, 0.4) is 0 Å². The molecule has 0 aliphatic carbocycles. The summed E-state index contributed by atoms with van der Waals surface area (Å²) in [5, 5.41) is 0. The maximum absolute atomic E-state index is 5.73. The second kappa shape index (κ2) is 5.84. The van der Waals surface area contributed by atoms with E-state index in [1.54, 1.807) is 0 Å². The van der Waals surface area contributed by atoms with E-state index >= 15 is 0 Å². The number of rotatable bonds is 4. The average Bonchev–Trinajstić information content (AvgIpc) is 2.17. The molecular weight excluding hydrogens is 319 g/mol. The summed E-state index contributed by atoms with van der Waals surface area (Å²) in [7, 11) is 2.13. The first-order valence-corrected chi connectivity index (χ1v) is 7.30. The van der Waals surface area contributed by atoms with Gasteiger partial charge in [-0.2, -0.15) is 11.8 Å². The Morgan fingerprint density at radius 1 is 1.53 bits per heavy atom. The molecule has 4 heteroatoms. The number of nitrogens with two attached hydrogens (primary N) is 1. The minimum absolute atomic E-state index is 0.539. The molecule has 0 aromatic heterocycles. The molecule has 0 radical (unpaired) electrons. The van der Waals surface area contributed by atoms with E-state index in [0.717, 1.165) is 11.4 Å². The van der Waals surface area contributed by atoms with Gasteiger partial charge in [0, 0.05) is 28.1 Å². The van der Waals surface area contributed by atoms with Gasteiger partial charge in [0.25, 0.3) is 0 Å². The van der Waals surface area contributed by atoms with Gasteiger partial charge in [-0.3, -0.25) is 0 Å². The number of nitrogens with zero attached hydrogens (tertiary/aromatic N) is 1. The minimum Gasteiger partial charge on any atom is -0.399 e. The lowest BCUT2D eigenvalue weighted by molar-refractivity contribution is 0.764. The van der Waals surface area contributed by atoms with Crippen LogP contribution in [0.25, 0.3) is 0 Å². The largest absolute Gasteiger partial charge is 0.399 e. The maximum Gasteiger partial charge on any atom is 0.0503 e. The Morgan fingerprint density at radius 3 is 2.73 bits per heavy atom. The normalized spacial score (nSPS) is 12.5. The van der Waals surface area contributed by atoms with E-state index < -0.39 is 0 Å². The van der Waals surface area contributed by atoms with E-state index in [1.807, 2.05) is 23.9 Å². The quantitative estimate of drug-likeness (QED) is 0.677. The Balaban J connectivity index is 2.86. The number of halogens is 1. The molecule has 0 aliphatic rings. The van der Waals surface area contributed by atoms with Gasteiger partial charge in [-0.25, -0.2) is 0 Å². The predicted octanol–water partition coefficient (Wildman–Crippen LogP) is 3.06. The van der Waals surface area contributed by atoms with Gasteiger partial charge in [-0.1, -0.05) is 0 Å². The summed E-state index contributed by atoms with van der Waals surface area (Å²) in [5.74, 6) is 1.14. The zero-order valence-corrected chi connectivity index (χ0v) is 12.3. The highest BCUT2D eigenvalue weighted by atomic mass is 127. The molecule has 0 fully saturated rings. The summed E-state index contributed by atoms with van der Waals surface area (Å²) in [5.41, 5.74) is 7.82. The second-order valence-electron chi connectivity index (χ2n) is 3.63. The lowest BCUT2D eigenvalue weighted by Crippen LogP contribution is -2.31. The van der Waals surface area contributed by atoms with Crippen molar-refractivity contribution < 1.29 is 0 Å². The Hall–Kier alpha value is -0.100. The molecule has 84 valence electrons. The Morgan fingerprint density at radius 2 is 2.20 bits per heavy atom. The molecule has 2 N–H and O–H groups in total. The van der Waals surface area contributed by atoms with Crippen LogP contribution in [0.5, 0.6) is 0 Å². The predicted molar refractivity (Wildman–Crippen MR) is 79.8 cm³/mol. The maximum atomic E-state index is 5.73. The van der Waals surface area contributed by atoms with Crippen LogP contribution in [0.4, 0.5) is 11.4 Å². The molecular formula is C11H17IN2S. The third kappa shape index (κ3) is 3.45. The summed E-state index contributed by atoms with van der Waals surface area (Å²) in [4.78, 5) is 2.30. The van der Waals surface area contributed by atoms with Crippen molar-refractivity contribution >= 4 is 45.7 Å². The zero-order valence-electron chi connectivity index (χ0n) is 9.33. The van der Waals surface area contributed by atoms with Crippen LogP contribution in [0.15, 0.2) is 18.2 Å². The molecule has 0 spiro atoms. The number of hydrogen-bond donors (Lipinski definition) is 1. The molecule has 2 nitrogen and oxygen atoms in total. The lowest BCUT2D eigenvalue weighted by Gasteiger charge is -2.27. The second-order valence-corrected chi connectivity index (χ2v) is 5.70. The highest BCUT2D eigenvalue weighted by Crippen LogP contribution is 2.25. The van der Waals surface area contributed by atoms with E-state index in [0.29, 0.717) is 6.04 Å². The smallest absolute Gasteiger partial charge is 0.0503 e. The third-order valence-electron chi connectivity index (χ3n) is 2.42. The SMILES string of the molecule is CSCC(C)N(C)c1ccc(N)cc1I. The summed E-state index contributed by atoms with van der Waals surface area (Å²) < 4.78 is 1.21. The fraction of sp³-hybridized carbons (Fsp3) is 0.455. The number of anilines is 2. The van der Waals surface area contributed by atoms with Gasteiger partial charge < -0.3 is 10.6 Å². The molecule has 1 unspecified atom stereocenters.